The van der Waals surface area contributed by atoms with E-state index in [1.54, 1.807) is 7.11 Å². The lowest BCUT2D eigenvalue weighted by atomic mass is 10.00. The van der Waals surface area contributed by atoms with E-state index in [9.17, 15) is 0 Å². The highest BCUT2D eigenvalue weighted by molar-refractivity contribution is 6.33. The second-order valence-corrected chi connectivity index (χ2v) is 5.44. The molecule has 0 aliphatic heterocycles. The van der Waals surface area contributed by atoms with E-state index in [0.717, 1.165) is 16.9 Å². The molecular formula is C16H16Cl2O. The quantitative estimate of drug-likeness (QED) is 0.699. The SMILES string of the molecule is COc1ccc(C(Cl)c2cc(C)c(C)cc2Cl)cc1. The summed E-state index contributed by atoms with van der Waals surface area (Å²) in [5, 5.41) is 0.455. The Kier molecular flexibility index (Phi) is 4.38. The Balaban J connectivity index is 2.37. The van der Waals surface area contributed by atoms with Crippen LogP contribution in [0.4, 0.5) is 0 Å². The summed E-state index contributed by atoms with van der Waals surface area (Å²) in [5.41, 5.74) is 4.31. The summed E-state index contributed by atoms with van der Waals surface area (Å²) < 4.78 is 5.14. The van der Waals surface area contributed by atoms with Crippen LogP contribution in [-0.4, -0.2) is 7.11 Å². The van der Waals surface area contributed by atoms with Crippen molar-refractivity contribution in [3.63, 3.8) is 0 Å². The number of benzene rings is 2. The number of aryl methyl sites for hydroxylation is 2. The van der Waals surface area contributed by atoms with Gasteiger partial charge in [0, 0.05) is 5.02 Å². The van der Waals surface area contributed by atoms with Crippen molar-refractivity contribution in [3.8, 4) is 5.75 Å². The third kappa shape index (κ3) is 3.05. The Morgan fingerprint density at radius 1 is 1.00 bits per heavy atom. The van der Waals surface area contributed by atoms with Crippen molar-refractivity contribution in [1.82, 2.24) is 0 Å². The number of alkyl halides is 1. The summed E-state index contributed by atoms with van der Waals surface area (Å²) in [6.07, 6.45) is 0. The third-order valence-electron chi connectivity index (χ3n) is 3.29. The maximum Gasteiger partial charge on any atom is 0.118 e. The average molecular weight is 295 g/mol. The van der Waals surface area contributed by atoms with Crippen LogP contribution in [0.5, 0.6) is 5.75 Å². The number of ether oxygens (including phenoxy) is 1. The first kappa shape index (κ1) is 14.2. The summed E-state index contributed by atoms with van der Waals surface area (Å²) >= 11 is 12.8. The highest BCUT2D eigenvalue weighted by atomic mass is 35.5. The maximum absolute atomic E-state index is 6.53. The van der Waals surface area contributed by atoms with E-state index in [1.165, 1.54) is 11.1 Å². The number of halogens is 2. The minimum atomic E-state index is -0.252. The van der Waals surface area contributed by atoms with Crippen molar-refractivity contribution < 1.29 is 4.74 Å². The molecule has 2 rings (SSSR count). The monoisotopic (exact) mass is 294 g/mol. The van der Waals surface area contributed by atoms with Crippen LogP contribution in [0.1, 0.15) is 27.6 Å². The van der Waals surface area contributed by atoms with Crippen LogP contribution in [0.25, 0.3) is 0 Å². The zero-order valence-electron chi connectivity index (χ0n) is 11.2. The fourth-order valence-corrected chi connectivity index (χ4v) is 2.66. The summed E-state index contributed by atoms with van der Waals surface area (Å²) in [6, 6.07) is 11.7. The molecule has 3 heteroatoms. The third-order valence-corrected chi connectivity index (χ3v) is 4.11. The molecule has 100 valence electrons. The predicted molar refractivity (Wildman–Crippen MR) is 81.6 cm³/mol. The van der Waals surface area contributed by atoms with Gasteiger partial charge in [-0.1, -0.05) is 29.8 Å². The predicted octanol–water partition coefficient (Wildman–Crippen LogP) is 5.29. The van der Waals surface area contributed by atoms with Gasteiger partial charge in [0.1, 0.15) is 5.75 Å². The zero-order valence-corrected chi connectivity index (χ0v) is 12.7. The van der Waals surface area contributed by atoms with E-state index in [4.69, 9.17) is 27.9 Å². The molecule has 2 aromatic carbocycles. The van der Waals surface area contributed by atoms with Crippen molar-refractivity contribution in [2.45, 2.75) is 19.2 Å². The van der Waals surface area contributed by atoms with Gasteiger partial charge in [-0.3, -0.25) is 0 Å². The number of hydrogen-bond acceptors (Lipinski definition) is 1. The van der Waals surface area contributed by atoms with E-state index >= 15 is 0 Å². The molecule has 0 aliphatic carbocycles. The van der Waals surface area contributed by atoms with Gasteiger partial charge >= 0.3 is 0 Å². The summed E-state index contributed by atoms with van der Waals surface area (Å²) in [4.78, 5) is 0. The molecule has 1 unspecified atom stereocenters. The van der Waals surface area contributed by atoms with Crippen LogP contribution in [0.15, 0.2) is 36.4 Å². The molecule has 0 amide bonds. The van der Waals surface area contributed by atoms with Crippen LogP contribution >= 0.6 is 23.2 Å². The lowest BCUT2D eigenvalue weighted by Crippen LogP contribution is -1.97. The van der Waals surface area contributed by atoms with Crippen molar-refractivity contribution in [1.29, 1.82) is 0 Å². The summed E-state index contributed by atoms with van der Waals surface area (Å²) in [6.45, 7) is 4.11. The molecular weight excluding hydrogens is 279 g/mol. The Labute approximate surface area is 124 Å². The molecule has 1 atom stereocenters. The van der Waals surface area contributed by atoms with Crippen LogP contribution in [-0.2, 0) is 0 Å². The molecule has 1 nitrogen and oxygen atoms in total. The van der Waals surface area contributed by atoms with E-state index in [1.807, 2.05) is 37.3 Å². The topological polar surface area (TPSA) is 9.23 Å². The Bertz CT molecular complexity index is 576. The lowest BCUT2D eigenvalue weighted by molar-refractivity contribution is 0.414. The lowest BCUT2D eigenvalue weighted by Gasteiger charge is -2.15. The van der Waals surface area contributed by atoms with Crippen molar-refractivity contribution in [2.75, 3.05) is 7.11 Å². The fraction of sp³-hybridized carbons (Fsp3) is 0.250. The molecule has 0 heterocycles. The molecule has 19 heavy (non-hydrogen) atoms. The second-order valence-electron chi connectivity index (χ2n) is 4.59. The van der Waals surface area contributed by atoms with E-state index in [0.29, 0.717) is 5.02 Å². The Morgan fingerprint density at radius 2 is 1.58 bits per heavy atom. The maximum atomic E-state index is 6.53. The zero-order chi connectivity index (χ0) is 14.0. The Hall–Kier alpha value is -1.18. The van der Waals surface area contributed by atoms with Crippen LogP contribution in [0, 0.1) is 13.8 Å². The molecule has 0 N–H and O–H groups in total. The molecule has 0 saturated heterocycles. The van der Waals surface area contributed by atoms with Crippen molar-refractivity contribution >= 4 is 23.2 Å². The smallest absolute Gasteiger partial charge is 0.118 e. The second kappa shape index (κ2) is 5.85. The largest absolute Gasteiger partial charge is 0.497 e. The molecule has 0 bridgehead atoms. The first-order valence-corrected chi connectivity index (χ1v) is 6.89. The van der Waals surface area contributed by atoms with Crippen molar-refractivity contribution in [2.24, 2.45) is 0 Å². The van der Waals surface area contributed by atoms with Gasteiger partial charge in [0.25, 0.3) is 0 Å². The normalized spacial score (nSPS) is 12.3. The van der Waals surface area contributed by atoms with Crippen LogP contribution in [0.3, 0.4) is 0 Å². The highest BCUT2D eigenvalue weighted by Crippen LogP contribution is 2.35. The fourth-order valence-electron chi connectivity index (χ4n) is 1.95. The van der Waals surface area contributed by atoms with Gasteiger partial charge in [0.05, 0.1) is 12.5 Å². The van der Waals surface area contributed by atoms with Gasteiger partial charge in [0.2, 0.25) is 0 Å². The van der Waals surface area contributed by atoms with Crippen LogP contribution in [0.2, 0.25) is 5.02 Å². The standard InChI is InChI=1S/C16H16Cl2O/c1-10-8-14(15(17)9-11(10)2)16(18)12-4-6-13(19-3)7-5-12/h4-9,16H,1-3H3. The molecule has 0 spiro atoms. The van der Waals surface area contributed by atoms with Gasteiger partial charge in [0.15, 0.2) is 0 Å². The van der Waals surface area contributed by atoms with E-state index in [2.05, 4.69) is 13.0 Å². The Morgan fingerprint density at radius 3 is 2.16 bits per heavy atom. The van der Waals surface area contributed by atoms with E-state index in [-0.39, 0.29) is 5.38 Å². The van der Waals surface area contributed by atoms with Gasteiger partial charge < -0.3 is 4.74 Å². The molecule has 0 radical (unpaired) electrons. The molecule has 0 saturated carbocycles. The molecule has 0 aliphatic rings. The minimum Gasteiger partial charge on any atom is -0.497 e. The molecule has 0 fully saturated rings. The first-order chi connectivity index (χ1) is 9.02. The number of rotatable bonds is 3. The van der Waals surface area contributed by atoms with Crippen molar-refractivity contribution in [3.05, 3.63) is 63.7 Å². The molecule has 0 aromatic heterocycles. The summed E-state index contributed by atoms with van der Waals surface area (Å²) in [7, 11) is 1.65. The summed E-state index contributed by atoms with van der Waals surface area (Å²) in [5.74, 6) is 0.818. The first-order valence-electron chi connectivity index (χ1n) is 6.07. The van der Waals surface area contributed by atoms with Crippen LogP contribution < -0.4 is 4.74 Å². The average Bonchev–Trinajstić information content (AvgIpc) is 2.42. The molecule has 2 aromatic rings. The van der Waals surface area contributed by atoms with Gasteiger partial charge in [-0.2, -0.15) is 0 Å². The van der Waals surface area contributed by atoms with Gasteiger partial charge in [-0.15, -0.1) is 11.6 Å². The van der Waals surface area contributed by atoms with Gasteiger partial charge in [-0.05, 0) is 54.3 Å². The number of hydrogen-bond donors (Lipinski definition) is 0. The minimum absolute atomic E-state index is 0.252. The van der Waals surface area contributed by atoms with Gasteiger partial charge in [-0.25, -0.2) is 0 Å². The highest BCUT2D eigenvalue weighted by Gasteiger charge is 2.15. The number of methoxy groups -OCH3 is 1. The van der Waals surface area contributed by atoms with E-state index < -0.39 is 0 Å².